The van der Waals surface area contributed by atoms with Crippen LogP contribution in [0.15, 0.2) is 30.3 Å². The molecule has 0 amide bonds. The van der Waals surface area contributed by atoms with Crippen LogP contribution in [0.4, 0.5) is 0 Å². The quantitative estimate of drug-likeness (QED) is 0.478. The lowest BCUT2D eigenvalue weighted by Gasteiger charge is -2.38. The first-order valence-corrected chi connectivity index (χ1v) is 10.9. The SMILES string of the molecule is C.CO.OCCC1(O)CCCCC1.OCCC1(O)CCN(Cc2ccccc2)CC1. The molecule has 6 nitrogen and oxygen atoms in total. The molecule has 1 saturated carbocycles. The second-order valence-corrected chi connectivity index (χ2v) is 8.22. The second kappa shape index (κ2) is 15.7. The zero-order valence-corrected chi connectivity index (χ0v) is 18.0. The van der Waals surface area contributed by atoms with Crippen LogP contribution in [-0.2, 0) is 6.54 Å². The highest BCUT2D eigenvalue weighted by atomic mass is 16.3. The fraction of sp³-hybridized carbons (Fsp3) is 0.750. The topological polar surface area (TPSA) is 104 Å². The van der Waals surface area contributed by atoms with Crippen molar-refractivity contribution in [2.45, 2.75) is 83.0 Å². The van der Waals surface area contributed by atoms with Crippen molar-refractivity contribution < 1.29 is 25.5 Å². The van der Waals surface area contributed by atoms with E-state index in [9.17, 15) is 10.2 Å². The van der Waals surface area contributed by atoms with Gasteiger partial charge < -0.3 is 25.5 Å². The van der Waals surface area contributed by atoms with E-state index in [1.165, 1.54) is 12.0 Å². The van der Waals surface area contributed by atoms with Gasteiger partial charge in [0.2, 0.25) is 0 Å². The summed E-state index contributed by atoms with van der Waals surface area (Å²) in [5, 5.41) is 44.4. The van der Waals surface area contributed by atoms with E-state index < -0.39 is 11.2 Å². The van der Waals surface area contributed by atoms with Crippen LogP contribution in [0.2, 0.25) is 0 Å². The summed E-state index contributed by atoms with van der Waals surface area (Å²) in [7, 11) is 1.00. The monoisotopic (exact) mass is 427 g/mol. The fourth-order valence-electron chi connectivity index (χ4n) is 4.10. The molecule has 0 aromatic heterocycles. The first kappa shape index (κ1) is 29.0. The average Bonchev–Trinajstić information content (AvgIpc) is 2.73. The molecule has 0 atom stereocenters. The number of nitrogens with zero attached hydrogens (tertiary/aromatic N) is 1. The maximum atomic E-state index is 10.2. The number of likely N-dealkylation sites (tertiary alicyclic amines) is 1. The zero-order chi connectivity index (χ0) is 21.6. The van der Waals surface area contributed by atoms with Gasteiger partial charge in [0.1, 0.15) is 0 Å². The number of benzene rings is 1. The lowest BCUT2D eigenvalue weighted by atomic mass is 9.83. The van der Waals surface area contributed by atoms with E-state index in [0.717, 1.165) is 65.3 Å². The molecule has 1 saturated heterocycles. The summed E-state index contributed by atoms with van der Waals surface area (Å²) in [5.74, 6) is 0. The third-order valence-electron chi connectivity index (χ3n) is 5.97. The molecular weight excluding hydrogens is 382 g/mol. The number of aliphatic hydroxyl groups excluding tert-OH is 3. The van der Waals surface area contributed by atoms with E-state index in [2.05, 4.69) is 29.2 Å². The third kappa shape index (κ3) is 10.8. The van der Waals surface area contributed by atoms with E-state index in [-0.39, 0.29) is 20.6 Å². The van der Waals surface area contributed by atoms with Gasteiger partial charge in [0.05, 0.1) is 11.2 Å². The van der Waals surface area contributed by atoms with Crippen LogP contribution in [0, 0.1) is 0 Å². The summed E-state index contributed by atoms with van der Waals surface area (Å²) < 4.78 is 0. The maximum absolute atomic E-state index is 10.2. The van der Waals surface area contributed by atoms with E-state index >= 15 is 0 Å². The zero-order valence-electron chi connectivity index (χ0n) is 18.0. The van der Waals surface area contributed by atoms with Crippen molar-refractivity contribution >= 4 is 0 Å². The maximum Gasteiger partial charge on any atom is 0.0694 e. The van der Waals surface area contributed by atoms with Crippen molar-refractivity contribution in [3.63, 3.8) is 0 Å². The van der Waals surface area contributed by atoms with E-state index in [1.54, 1.807) is 0 Å². The molecule has 1 aliphatic carbocycles. The highest BCUT2D eigenvalue weighted by molar-refractivity contribution is 5.14. The van der Waals surface area contributed by atoms with Crippen molar-refractivity contribution in [2.24, 2.45) is 0 Å². The van der Waals surface area contributed by atoms with Crippen LogP contribution in [0.5, 0.6) is 0 Å². The number of hydrogen-bond acceptors (Lipinski definition) is 6. The summed E-state index contributed by atoms with van der Waals surface area (Å²) in [5.41, 5.74) is 0.162. The first-order valence-electron chi connectivity index (χ1n) is 10.9. The molecule has 3 rings (SSSR count). The number of rotatable bonds is 6. The summed E-state index contributed by atoms with van der Waals surface area (Å²) >= 11 is 0. The molecule has 176 valence electrons. The Bertz CT molecular complexity index is 506. The van der Waals surface area contributed by atoms with Crippen molar-refractivity contribution in [1.29, 1.82) is 0 Å². The van der Waals surface area contributed by atoms with E-state index in [4.69, 9.17) is 15.3 Å². The minimum atomic E-state index is -0.637. The minimum Gasteiger partial charge on any atom is -0.400 e. The van der Waals surface area contributed by atoms with Crippen LogP contribution in [0.3, 0.4) is 0 Å². The molecular formula is C24H45NO5. The van der Waals surface area contributed by atoms with Crippen LogP contribution >= 0.6 is 0 Å². The summed E-state index contributed by atoms with van der Waals surface area (Å²) in [4.78, 5) is 2.36. The molecule has 2 fully saturated rings. The van der Waals surface area contributed by atoms with Gasteiger partial charge in [-0.05, 0) is 44.1 Å². The van der Waals surface area contributed by atoms with Gasteiger partial charge in [-0.3, -0.25) is 4.90 Å². The largest absolute Gasteiger partial charge is 0.400 e. The highest BCUT2D eigenvalue weighted by Gasteiger charge is 2.31. The predicted molar refractivity (Wildman–Crippen MR) is 122 cm³/mol. The van der Waals surface area contributed by atoms with E-state index in [1.807, 2.05) is 6.07 Å². The second-order valence-electron chi connectivity index (χ2n) is 8.22. The van der Waals surface area contributed by atoms with Gasteiger partial charge in [-0.15, -0.1) is 0 Å². The number of piperidine rings is 1. The highest BCUT2D eigenvalue weighted by Crippen LogP contribution is 2.30. The Kier molecular flexibility index (Phi) is 15.2. The average molecular weight is 428 g/mol. The number of hydrogen-bond donors (Lipinski definition) is 5. The van der Waals surface area contributed by atoms with Crippen LogP contribution in [-0.4, -0.2) is 75.0 Å². The van der Waals surface area contributed by atoms with Crippen molar-refractivity contribution in [3.05, 3.63) is 35.9 Å². The molecule has 0 bridgehead atoms. The summed E-state index contributed by atoms with van der Waals surface area (Å²) in [6.07, 6.45) is 7.85. The molecule has 1 aromatic rings. The molecule has 0 unspecified atom stereocenters. The predicted octanol–water partition coefficient (Wildman–Crippen LogP) is 2.70. The van der Waals surface area contributed by atoms with Crippen LogP contribution in [0.1, 0.15) is 70.8 Å². The smallest absolute Gasteiger partial charge is 0.0694 e. The van der Waals surface area contributed by atoms with Gasteiger partial charge in [-0.2, -0.15) is 0 Å². The molecule has 2 aliphatic rings. The molecule has 30 heavy (non-hydrogen) atoms. The Morgan fingerprint density at radius 1 is 0.767 bits per heavy atom. The van der Waals surface area contributed by atoms with Crippen LogP contribution in [0.25, 0.3) is 0 Å². The molecule has 1 aliphatic heterocycles. The standard InChI is InChI=1S/C14H21NO2.C8H16O2.CH4O.CH4/c16-11-8-14(17)6-9-15(10-7-14)12-13-4-2-1-3-5-13;9-7-6-8(10)4-2-1-3-5-8;1-2;/h1-5,16-17H,6-12H2;9-10H,1-7H2;2H,1H3;1H4. The van der Waals surface area contributed by atoms with Crippen molar-refractivity contribution in [1.82, 2.24) is 4.90 Å². The molecule has 1 aromatic carbocycles. The lowest BCUT2D eigenvalue weighted by Crippen LogP contribution is -2.44. The molecule has 6 heteroatoms. The molecule has 5 N–H and O–H groups in total. The van der Waals surface area contributed by atoms with Gasteiger partial charge in [-0.1, -0.05) is 57.0 Å². The molecule has 0 spiro atoms. The Labute approximate surface area is 183 Å². The van der Waals surface area contributed by atoms with Gasteiger partial charge in [0.15, 0.2) is 0 Å². The van der Waals surface area contributed by atoms with Crippen molar-refractivity contribution in [3.8, 4) is 0 Å². The Morgan fingerprint density at radius 3 is 1.70 bits per heavy atom. The molecule has 1 heterocycles. The fourth-order valence-corrected chi connectivity index (χ4v) is 4.10. The Balaban J connectivity index is 0.000000557. The minimum absolute atomic E-state index is 0. The summed E-state index contributed by atoms with van der Waals surface area (Å²) in [6, 6.07) is 10.4. The molecule has 0 radical (unpaired) electrons. The van der Waals surface area contributed by atoms with Crippen molar-refractivity contribution in [2.75, 3.05) is 33.4 Å². The first-order chi connectivity index (χ1) is 14.0. The summed E-state index contributed by atoms with van der Waals surface area (Å²) in [6.45, 7) is 2.97. The Hall–Kier alpha value is -1.02. The normalized spacial score (nSPS) is 19.9. The third-order valence-corrected chi connectivity index (χ3v) is 5.97. The lowest BCUT2D eigenvalue weighted by molar-refractivity contribution is -0.0388. The van der Waals surface area contributed by atoms with E-state index in [0.29, 0.717) is 12.8 Å². The van der Waals surface area contributed by atoms with Gasteiger partial charge >= 0.3 is 0 Å². The van der Waals surface area contributed by atoms with Gasteiger partial charge in [0.25, 0.3) is 0 Å². The van der Waals surface area contributed by atoms with Crippen LogP contribution < -0.4 is 0 Å². The Morgan fingerprint density at radius 2 is 1.23 bits per heavy atom. The van der Waals surface area contributed by atoms with Gasteiger partial charge in [-0.25, -0.2) is 0 Å². The van der Waals surface area contributed by atoms with Gasteiger partial charge in [0, 0.05) is 40.0 Å². The number of aliphatic hydroxyl groups is 5.